The Morgan fingerprint density at radius 2 is 1.06 bits per heavy atom. The zero-order valence-electron chi connectivity index (χ0n) is 27.2. The Balaban J connectivity index is 1.51. The summed E-state index contributed by atoms with van der Waals surface area (Å²) >= 11 is 0. The van der Waals surface area contributed by atoms with E-state index in [0.29, 0.717) is 31.5 Å². The number of esters is 2. The van der Waals surface area contributed by atoms with Gasteiger partial charge in [0.05, 0.1) is 31.7 Å². The minimum absolute atomic E-state index is 0.158. The number of ether oxygens (including phenoxy) is 2. The van der Waals surface area contributed by atoms with Crippen LogP contribution in [0.2, 0.25) is 0 Å². The van der Waals surface area contributed by atoms with Gasteiger partial charge in [0, 0.05) is 0 Å². The maximum Gasteiger partial charge on any atom is 0.425 e. The summed E-state index contributed by atoms with van der Waals surface area (Å²) in [6.07, 6.45) is -1.39. The van der Waals surface area contributed by atoms with Crippen molar-refractivity contribution < 1.29 is 68.2 Å². The number of carbonyl (C=O) groups is 2. The van der Waals surface area contributed by atoms with Crippen molar-refractivity contribution in [3.05, 3.63) is 10.7 Å². The monoisotopic (exact) mass is 710 g/mol. The van der Waals surface area contributed by atoms with Crippen LogP contribution in [0.25, 0.3) is 0 Å². The van der Waals surface area contributed by atoms with E-state index in [4.69, 9.17) is 14.0 Å². The molecular weight excluding hydrogens is 662 g/mol. The molecule has 6 atom stereocenters. The quantitative estimate of drug-likeness (QED) is 0.0239. The van der Waals surface area contributed by atoms with Crippen LogP contribution in [-0.4, -0.2) is 57.1 Å². The van der Waals surface area contributed by atoms with E-state index in [2.05, 4.69) is 23.6 Å². The van der Waals surface area contributed by atoms with Crippen LogP contribution in [0, 0.1) is 35.5 Å². The number of allylic oxidation sites excluding steroid dienone is 1. The predicted octanol–water partition coefficient (Wildman–Crippen LogP) is 8.10. The zero-order valence-corrected chi connectivity index (χ0v) is 28.0. The molecule has 0 aliphatic heterocycles. The van der Waals surface area contributed by atoms with Gasteiger partial charge in [-0.1, -0.05) is 78.1 Å². The summed E-state index contributed by atoms with van der Waals surface area (Å²) in [4.78, 5) is 33.6. The average molecular weight is 711 g/mol. The molecule has 2 aliphatic rings. The Bertz CT molecular complexity index is 1120. The first-order chi connectivity index (χ1) is 21.9. The number of alkyl halides is 6. The van der Waals surface area contributed by atoms with Gasteiger partial charge in [-0.3, -0.25) is 14.1 Å². The van der Waals surface area contributed by atoms with Crippen LogP contribution in [0.5, 0.6) is 0 Å². The molecule has 0 spiro atoms. The van der Waals surface area contributed by atoms with Gasteiger partial charge in [-0.05, 0) is 49.9 Å². The first-order valence-corrected chi connectivity index (χ1v) is 17.9. The molecule has 274 valence electrons. The molecule has 6 unspecified atom stereocenters. The number of unbranched alkanes of at least 4 members (excludes halogenated alkanes) is 11. The van der Waals surface area contributed by atoms with Gasteiger partial charge in [0.1, 0.15) is 0 Å². The zero-order chi connectivity index (χ0) is 35.4. The highest BCUT2D eigenvalue weighted by Gasteiger charge is 2.61. The molecule has 2 fully saturated rings. The maximum atomic E-state index is 13.0. The lowest BCUT2D eigenvalue weighted by atomic mass is 9.69. The van der Waals surface area contributed by atoms with E-state index >= 15 is 0 Å². The van der Waals surface area contributed by atoms with Crippen molar-refractivity contribution in [3.8, 4) is 0 Å². The van der Waals surface area contributed by atoms with Crippen LogP contribution in [0.3, 0.4) is 0 Å². The van der Waals surface area contributed by atoms with Gasteiger partial charge < -0.3 is 14.4 Å². The summed E-state index contributed by atoms with van der Waals surface area (Å²) < 4.78 is 118. The van der Waals surface area contributed by atoms with Gasteiger partial charge in [0.25, 0.3) is 5.09 Å². The molecule has 2 bridgehead atoms. The lowest BCUT2D eigenvalue weighted by Crippen LogP contribution is -2.42. The van der Waals surface area contributed by atoms with E-state index in [1.54, 1.807) is 6.92 Å². The molecule has 2 saturated carbocycles. The summed E-state index contributed by atoms with van der Waals surface area (Å²) in [7, 11) is -6.01. The van der Waals surface area contributed by atoms with Crippen LogP contribution in [-0.2, 0) is 39.0 Å². The molecule has 0 heterocycles. The van der Waals surface area contributed by atoms with E-state index in [1.165, 1.54) is 0 Å². The number of rotatable bonds is 21. The van der Waals surface area contributed by atoms with Crippen molar-refractivity contribution in [2.45, 2.75) is 117 Å². The molecule has 0 aromatic heterocycles. The normalized spacial score (nSPS) is 24.3. The Hall–Kier alpha value is -2.07. The Labute approximate surface area is 272 Å². The van der Waals surface area contributed by atoms with Crippen molar-refractivity contribution in [2.24, 2.45) is 35.5 Å². The lowest BCUT2D eigenvalue weighted by Gasteiger charge is -2.35. The molecular formula is C31H48F6O9S. The number of hydrogen-bond donors (Lipinski definition) is 1. The highest BCUT2D eigenvalue weighted by Crippen LogP contribution is 2.58. The molecule has 0 saturated heterocycles. The summed E-state index contributed by atoms with van der Waals surface area (Å²) in [5.41, 5.74) is -3.52. The highest BCUT2D eigenvalue weighted by molar-refractivity contribution is 7.89. The number of halogens is 6. The highest BCUT2D eigenvalue weighted by atomic mass is 32.2. The third kappa shape index (κ3) is 12.4. The molecule has 0 amide bonds. The first kappa shape index (κ1) is 41.1. The number of carbonyl (C=O) groups excluding carboxylic acids is 2. The standard InChI is InChI=1S/C31H48F6O9S/c1-4-43-27(38)24-22-19-23(21(3)20(22)2)25(24)28(39)44-17-15-13-11-9-7-5-6-8-10-12-14-16-18-45-46-29(47(40,41)42)26(30(32,33)34)31(35,36)37/h20-25H,4-19H2,1-3H3,(H,40,41,42). The molecule has 2 aliphatic carbocycles. The molecule has 0 aromatic carbocycles. The fourth-order valence-corrected chi connectivity index (χ4v) is 7.51. The minimum Gasteiger partial charge on any atom is -0.466 e. The molecule has 47 heavy (non-hydrogen) atoms. The Morgan fingerprint density at radius 1 is 0.681 bits per heavy atom. The van der Waals surface area contributed by atoms with Gasteiger partial charge in [0.2, 0.25) is 0 Å². The fourth-order valence-electron chi connectivity index (χ4n) is 6.89. The van der Waals surface area contributed by atoms with Crippen molar-refractivity contribution in [1.82, 2.24) is 0 Å². The van der Waals surface area contributed by atoms with Gasteiger partial charge in [-0.25, -0.2) is 0 Å². The molecule has 0 aromatic rings. The summed E-state index contributed by atoms with van der Waals surface area (Å²) in [6.45, 7) is 6.21. The van der Waals surface area contributed by atoms with E-state index in [9.17, 15) is 44.3 Å². The minimum atomic E-state index is -6.16. The van der Waals surface area contributed by atoms with E-state index in [0.717, 1.165) is 70.6 Å². The van der Waals surface area contributed by atoms with Crippen molar-refractivity contribution in [1.29, 1.82) is 0 Å². The van der Waals surface area contributed by atoms with Gasteiger partial charge in [0.15, 0.2) is 5.57 Å². The third-order valence-corrected chi connectivity index (χ3v) is 10.1. The number of hydrogen-bond acceptors (Lipinski definition) is 8. The summed E-state index contributed by atoms with van der Waals surface area (Å²) in [5, 5.41) is -2.75. The topological polar surface area (TPSA) is 125 Å². The smallest absolute Gasteiger partial charge is 0.425 e. The van der Waals surface area contributed by atoms with Crippen molar-refractivity contribution >= 4 is 22.1 Å². The predicted molar refractivity (Wildman–Crippen MR) is 158 cm³/mol. The van der Waals surface area contributed by atoms with Crippen LogP contribution < -0.4 is 0 Å². The van der Waals surface area contributed by atoms with E-state index in [-0.39, 0.29) is 30.2 Å². The second kappa shape index (κ2) is 18.6. The largest absolute Gasteiger partial charge is 0.466 e. The summed E-state index contributed by atoms with van der Waals surface area (Å²) in [5.74, 6) is -0.318. The Morgan fingerprint density at radius 3 is 1.45 bits per heavy atom. The lowest BCUT2D eigenvalue weighted by molar-refractivity contribution is -0.263. The molecule has 0 radical (unpaired) electrons. The second-order valence-electron chi connectivity index (χ2n) is 12.5. The van der Waals surface area contributed by atoms with Gasteiger partial charge >= 0.3 is 34.4 Å². The molecule has 1 N–H and O–H groups in total. The van der Waals surface area contributed by atoms with E-state index in [1.807, 2.05) is 0 Å². The second-order valence-corrected chi connectivity index (χ2v) is 13.9. The van der Waals surface area contributed by atoms with E-state index < -0.39 is 51.6 Å². The summed E-state index contributed by atoms with van der Waals surface area (Å²) in [6, 6.07) is 0. The third-order valence-electron chi connectivity index (χ3n) is 9.37. The average Bonchev–Trinajstić information content (AvgIpc) is 3.48. The first-order valence-electron chi connectivity index (χ1n) is 16.4. The van der Waals surface area contributed by atoms with Crippen molar-refractivity contribution in [2.75, 3.05) is 19.8 Å². The van der Waals surface area contributed by atoms with Gasteiger partial charge in [-0.2, -0.15) is 39.6 Å². The number of fused-ring (bicyclic) bond motifs is 2. The van der Waals surface area contributed by atoms with Crippen LogP contribution >= 0.6 is 0 Å². The fraction of sp³-hybridized carbons (Fsp3) is 0.871. The molecule has 16 heteroatoms. The Kier molecular flexibility index (Phi) is 16.3. The van der Waals surface area contributed by atoms with Gasteiger partial charge in [-0.15, -0.1) is 0 Å². The molecule has 2 rings (SSSR count). The van der Waals surface area contributed by atoms with Crippen LogP contribution in [0.1, 0.15) is 104 Å². The maximum absolute atomic E-state index is 13.0. The van der Waals surface area contributed by atoms with Crippen LogP contribution in [0.4, 0.5) is 26.3 Å². The van der Waals surface area contributed by atoms with Crippen LogP contribution in [0.15, 0.2) is 10.7 Å². The van der Waals surface area contributed by atoms with Crippen molar-refractivity contribution in [3.63, 3.8) is 0 Å². The molecule has 9 nitrogen and oxygen atoms in total. The SMILES string of the molecule is CCOC(=O)C1C2CC(C(C)C2C)C1C(=O)OCCCCCCCCCCCCCCOOC(=C(C(F)(F)F)C(F)(F)F)S(=O)(=O)O.